The Kier molecular flexibility index (Phi) is 5.90. The molecule has 6 aromatic rings. The molecule has 0 saturated heterocycles. The maximum absolute atomic E-state index is 2.40. The standard InChI is InChI=1S/C35H31NSi/c1-37(2,3)33-23-21-31(22-24-33)36(30-18-15-27(16-19-30)26-9-5-4-6-10-26)32-20-17-29-14-13-28-11-7-8-12-34(28)35(29)25-32/h4-25H,1-3H3. The van der Waals surface area contributed by atoms with E-state index < -0.39 is 8.07 Å². The molecular formula is C35H31NSi. The van der Waals surface area contributed by atoms with Crippen LogP contribution in [-0.2, 0) is 0 Å². The van der Waals surface area contributed by atoms with Gasteiger partial charge in [-0.2, -0.15) is 0 Å². The lowest BCUT2D eigenvalue weighted by Gasteiger charge is -2.27. The maximum Gasteiger partial charge on any atom is 0.0775 e. The van der Waals surface area contributed by atoms with Gasteiger partial charge in [0.15, 0.2) is 0 Å². The van der Waals surface area contributed by atoms with Crippen LogP contribution in [0, 0.1) is 0 Å². The lowest BCUT2D eigenvalue weighted by molar-refractivity contribution is 1.29. The van der Waals surface area contributed by atoms with Crippen LogP contribution in [0.5, 0.6) is 0 Å². The SMILES string of the molecule is C[Si](C)(C)c1ccc(N(c2ccc(-c3ccccc3)cc2)c2ccc3ccc4ccccc4c3c2)cc1. The van der Waals surface area contributed by atoms with Gasteiger partial charge in [-0.05, 0) is 69.1 Å². The Morgan fingerprint density at radius 1 is 0.432 bits per heavy atom. The zero-order valence-corrected chi connectivity index (χ0v) is 22.6. The zero-order valence-electron chi connectivity index (χ0n) is 21.6. The minimum absolute atomic E-state index is 1.15. The van der Waals surface area contributed by atoms with E-state index in [1.807, 2.05) is 0 Å². The van der Waals surface area contributed by atoms with E-state index in [0.29, 0.717) is 0 Å². The van der Waals surface area contributed by atoms with Crippen molar-refractivity contribution in [2.24, 2.45) is 0 Å². The lowest BCUT2D eigenvalue weighted by Crippen LogP contribution is -2.37. The molecule has 6 aromatic carbocycles. The van der Waals surface area contributed by atoms with Gasteiger partial charge in [0, 0.05) is 17.1 Å². The maximum atomic E-state index is 2.40. The van der Waals surface area contributed by atoms with Crippen LogP contribution in [0.3, 0.4) is 0 Å². The third-order valence-electron chi connectivity index (χ3n) is 7.21. The van der Waals surface area contributed by atoms with Crippen molar-refractivity contribution in [1.82, 2.24) is 0 Å². The summed E-state index contributed by atoms with van der Waals surface area (Å²) in [7, 11) is -1.38. The quantitative estimate of drug-likeness (QED) is 0.171. The summed E-state index contributed by atoms with van der Waals surface area (Å²) in [4.78, 5) is 2.38. The van der Waals surface area contributed by atoms with Crippen molar-refractivity contribution in [3.63, 3.8) is 0 Å². The van der Waals surface area contributed by atoms with Gasteiger partial charge in [-0.25, -0.2) is 0 Å². The summed E-state index contributed by atoms with van der Waals surface area (Å²) < 4.78 is 0. The summed E-state index contributed by atoms with van der Waals surface area (Å²) in [6.45, 7) is 7.20. The van der Waals surface area contributed by atoms with Gasteiger partial charge in [-0.1, -0.05) is 122 Å². The van der Waals surface area contributed by atoms with Gasteiger partial charge in [-0.15, -0.1) is 0 Å². The van der Waals surface area contributed by atoms with Gasteiger partial charge >= 0.3 is 0 Å². The van der Waals surface area contributed by atoms with Gasteiger partial charge in [0.25, 0.3) is 0 Å². The van der Waals surface area contributed by atoms with Crippen molar-refractivity contribution in [3.8, 4) is 11.1 Å². The summed E-state index contributed by atoms with van der Waals surface area (Å²) >= 11 is 0. The fraction of sp³-hybridized carbons (Fsp3) is 0.0857. The number of fused-ring (bicyclic) bond motifs is 3. The van der Waals surface area contributed by atoms with Crippen LogP contribution in [0.1, 0.15) is 0 Å². The molecule has 0 atom stereocenters. The fourth-order valence-electron chi connectivity index (χ4n) is 5.12. The second kappa shape index (κ2) is 9.38. The molecule has 1 nitrogen and oxygen atoms in total. The second-order valence-electron chi connectivity index (χ2n) is 10.7. The smallest absolute Gasteiger partial charge is 0.0775 e. The molecule has 0 aliphatic rings. The zero-order chi connectivity index (χ0) is 25.4. The molecule has 0 aromatic heterocycles. The first-order valence-electron chi connectivity index (χ1n) is 13.0. The number of benzene rings is 6. The van der Waals surface area contributed by atoms with E-state index in [2.05, 4.69) is 158 Å². The summed E-state index contributed by atoms with van der Waals surface area (Å²) in [5.41, 5.74) is 5.95. The third kappa shape index (κ3) is 4.57. The van der Waals surface area contributed by atoms with E-state index in [1.54, 1.807) is 0 Å². The predicted octanol–water partition coefficient (Wildman–Crippen LogP) is 9.67. The minimum atomic E-state index is -1.38. The molecule has 2 heteroatoms. The Bertz CT molecular complexity index is 1680. The van der Waals surface area contributed by atoms with E-state index in [0.717, 1.165) is 11.4 Å². The molecular weight excluding hydrogens is 462 g/mol. The van der Waals surface area contributed by atoms with Crippen LogP contribution in [0.15, 0.2) is 133 Å². The molecule has 0 fully saturated rings. The lowest BCUT2D eigenvalue weighted by atomic mass is 10.0. The van der Waals surface area contributed by atoms with Crippen molar-refractivity contribution >= 4 is 51.9 Å². The monoisotopic (exact) mass is 493 g/mol. The number of hydrogen-bond donors (Lipinski definition) is 0. The first-order valence-corrected chi connectivity index (χ1v) is 16.5. The molecule has 0 saturated carbocycles. The Morgan fingerprint density at radius 3 is 1.62 bits per heavy atom. The second-order valence-corrected chi connectivity index (χ2v) is 15.8. The van der Waals surface area contributed by atoms with Crippen LogP contribution in [0.25, 0.3) is 32.7 Å². The van der Waals surface area contributed by atoms with E-state index in [1.165, 1.54) is 43.5 Å². The number of nitrogens with zero attached hydrogens (tertiary/aromatic N) is 1. The largest absolute Gasteiger partial charge is 0.310 e. The Balaban J connectivity index is 1.50. The molecule has 6 rings (SSSR count). The van der Waals surface area contributed by atoms with Gasteiger partial charge in [0.05, 0.1) is 8.07 Å². The van der Waals surface area contributed by atoms with Gasteiger partial charge < -0.3 is 4.90 Å². The van der Waals surface area contributed by atoms with Crippen molar-refractivity contribution in [2.45, 2.75) is 19.6 Å². The highest BCUT2D eigenvalue weighted by atomic mass is 28.3. The highest BCUT2D eigenvalue weighted by Gasteiger charge is 2.18. The molecule has 37 heavy (non-hydrogen) atoms. The van der Waals surface area contributed by atoms with Crippen molar-refractivity contribution < 1.29 is 0 Å². The van der Waals surface area contributed by atoms with Crippen LogP contribution in [0.4, 0.5) is 17.1 Å². The summed E-state index contributed by atoms with van der Waals surface area (Å²) in [5.74, 6) is 0. The van der Waals surface area contributed by atoms with Crippen LogP contribution < -0.4 is 10.1 Å². The molecule has 0 unspecified atom stereocenters. The van der Waals surface area contributed by atoms with Crippen molar-refractivity contribution in [2.75, 3.05) is 4.90 Å². The third-order valence-corrected chi connectivity index (χ3v) is 9.28. The number of rotatable bonds is 5. The van der Waals surface area contributed by atoms with E-state index in [-0.39, 0.29) is 0 Å². The van der Waals surface area contributed by atoms with E-state index in [9.17, 15) is 0 Å². The van der Waals surface area contributed by atoms with Gasteiger partial charge in [0.1, 0.15) is 0 Å². The topological polar surface area (TPSA) is 3.24 Å². The highest BCUT2D eigenvalue weighted by Crippen LogP contribution is 2.38. The highest BCUT2D eigenvalue weighted by molar-refractivity contribution is 6.88. The molecule has 0 heterocycles. The van der Waals surface area contributed by atoms with Gasteiger partial charge in [-0.3, -0.25) is 0 Å². The Morgan fingerprint density at radius 2 is 0.946 bits per heavy atom. The minimum Gasteiger partial charge on any atom is -0.310 e. The van der Waals surface area contributed by atoms with E-state index >= 15 is 0 Å². The Labute approximate surface area is 220 Å². The first kappa shape index (κ1) is 23.3. The molecule has 0 bridgehead atoms. The van der Waals surface area contributed by atoms with Crippen molar-refractivity contribution in [3.05, 3.63) is 133 Å². The molecule has 0 radical (unpaired) electrons. The molecule has 0 aliphatic carbocycles. The number of hydrogen-bond acceptors (Lipinski definition) is 1. The van der Waals surface area contributed by atoms with Crippen molar-refractivity contribution in [1.29, 1.82) is 0 Å². The first-order chi connectivity index (χ1) is 18.0. The fourth-order valence-corrected chi connectivity index (χ4v) is 6.29. The molecule has 0 amide bonds. The van der Waals surface area contributed by atoms with E-state index in [4.69, 9.17) is 0 Å². The van der Waals surface area contributed by atoms with Gasteiger partial charge in [0.2, 0.25) is 0 Å². The summed E-state index contributed by atoms with van der Waals surface area (Å²) in [5, 5.41) is 6.57. The molecule has 180 valence electrons. The number of anilines is 3. The molecule has 0 spiro atoms. The molecule has 0 aliphatic heterocycles. The average molecular weight is 494 g/mol. The van der Waals surface area contributed by atoms with Crippen LogP contribution in [-0.4, -0.2) is 8.07 Å². The van der Waals surface area contributed by atoms with Crippen LogP contribution >= 0.6 is 0 Å². The summed E-state index contributed by atoms with van der Waals surface area (Å²) in [6, 6.07) is 48.6. The predicted molar refractivity (Wildman–Crippen MR) is 165 cm³/mol. The molecule has 0 N–H and O–H groups in total. The summed E-state index contributed by atoms with van der Waals surface area (Å²) in [6.07, 6.45) is 0. The average Bonchev–Trinajstić information content (AvgIpc) is 2.94. The Hall–Kier alpha value is -4.14. The normalized spacial score (nSPS) is 11.6. The van der Waals surface area contributed by atoms with Crippen LogP contribution in [0.2, 0.25) is 19.6 Å².